The van der Waals surface area contributed by atoms with E-state index in [2.05, 4.69) is 129 Å². The molecule has 10 rings (SSSR count). The summed E-state index contributed by atoms with van der Waals surface area (Å²) < 4.78 is 13.3. The van der Waals surface area contributed by atoms with Gasteiger partial charge in [-0.3, -0.25) is 5.41 Å². The molecule has 1 heterocycles. The Morgan fingerprint density at radius 1 is 0.729 bits per heavy atom. The van der Waals surface area contributed by atoms with Crippen molar-refractivity contribution in [3.05, 3.63) is 220 Å². The lowest BCUT2D eigenvalue weighted by molar-refractivity contribution is 0.151. The zero-order valence-electron chi connectivity index (χ0n) is 34.1. The first-order valence-corrected chi connectivity index (χ1v) is 20.9. The molecule has 0 bridgehead atoms. The Hall–Kier alpha value is -6.46. The second-order valence-electron chi connectivity index (χ2n) is 16.9. The van der Waals surface area contributed by atoms with E-state index in [1.165, 1.54) is 29.5 Å². The third-order valence-electron chi connectivity index (χ3n) is 12.7. The number of fused-ring (bicyclic) bond motifs is 4. The molecule has 0 radical (unpaired) electrons. The van der Waals surface area contributed by atoms with Gasteiger partial charge in [0.05, 0.1) is 5.92 Å². The Kier molecular flexibility index (Phi) is 10.4. The summed E-state index contributed by atoms with van der Waals surface area (Å²) in [5.41, 5.74) is 16.4. The standard InChI is InChI=1S/C41H35N3O2.C13H16/c1-41(2)32-17-7-6-16-31(32)37-33(41)19-21-35-38(37)46-36-24-28(18-20-34(36)45-35)27-13-9-15-30(23-27)40(43)44-39(42)29-14-8-12-26(22-29)25-10-4-3-5-11-25;1-11-6-5-9-13(10-11)12-7-3-2-4-8-12/h3-17,19,21-24,33,37H,18,20H2,1-2H3,(H3,42,43,44);2-7,10,12-13H,8-9H2,1H3. The van der Waals surface area contributed by atoms with Gasteiger partial charge in [0.2, 0.25) is 0 Å². The van der Waals surface area contributed by atoms with E-state index < -0.39 is 0 Å². The minimum Gasteiger partial charge on any atom is -0.454 e. The minimum absolute atomic E-state index is 0.00480. The summed E-state index contributed by atoms with van der Waals surface area (Å²) in [5.74, 6) is 5.71. The van der Waals surface area contributed by atoms with Gasteiger partial charge in [-0.1, -0.05) is 159 Å². The topological polar surface area (TPSA) is 80.7 Å². The molecule has 0 saturated carbocycles. The second kappa shape index (κ2) is 16.1. The Bertz CT molecular complexity index is 2590. The molecule has 5 nitrogen and oxygen atoms in total. The molecule has 0 saturated heterocycles. The van der Waals surface area contributed by atoms with Crippen molar-refractivity contribution in [1.29, 1.82) is 5.41 Å². The largest absolute Gasteiger partial charge is 0.454 e. The molecule has 59 heavy (non-hydrogen) atoms. The van der Waals surface area contributed by atoms with E-state index in [1.54, 1.807) is 0 Å². The van der Waals surface area contributed by atoms with Gasteiger partial charge in [-0.15, -0.1) is 0 Å². The van der Waals surface area contributed by atoms with Crippen molar-refractivity contribution in [2.24, 2.45) is 28.5 Å². The number of rotatable bonds is 5. The summed E-state index contributed by atoms with van der Waals surface area (Å²) in [6, 6.07) is 34.8. The number of nitrogens with one attached hydrogen (secondary N) is 1. The van der Waals surface area contributed by atoms with Crippen LogP contribution in [0.25, 0.3) is 16.7 Å². The van der Waals surface area contributed by atoms with Crippen molar-refractivity contribution in [2.75, 3.05) is 0 Å². The molecule has 6 aliphatic rings. The molecule has 5 heteroatoms. The number of ether oxygens (including phenoxy) is 2. The third-order valence-corrected chi connectivity index (χ3v) is 12.7. The van der Waals surface area contributed by atoms with Gasteiger partial charge in [-0.25, -0.2) is 4.99 Å². The van der Waals surface area contributed by atoms with Gasteiger partial charge < -0.3 is 15.2 Å². The van der Waals surface area contributed by atoms with Gasteiger partial charge in [0, 0.05) is 23.5 Å². The lowest BCUT2D eigenvalue weighted by atomic mass is 9.73. The zero-order chi connectivity index (χ0) is 40.5. The van der Waals surface area contributed by atoms with Crippen LogP contribution in [0.5, 0.6) is 0 Å². The van der Waals surface area contributed by atoms with Gasteiger partial charge in [0.15, 0.2) is 23.1 Å². The number of aliphatic imine (C=N–C) groups is 1. The Balaban J connectivity index is 0.000000294. The highest BCUT2D eigenvalue weighted by molar-refractivity contribution is 6.10. The van der Waals surface area contributed by atoms with Gasteiger partial charge in [0.25, 0.3) is 0 Å². The Morgan fingerprint density at radius 3 is 2.29 bits per heavy atom. The lowest BCUT2D eigenvalue weighted by Gasteiger charge is -2.36. The van der Waals surface area contributed by atoms with Gasteiger partial charge >= 0.3 is 0 Å². The molecule has 4 aromatic rings. The average Bonchev–Trinajstić information content (AvgIpc) is 3.52. The summed E-state index contributed by atoms with van der Waals surface area (Å²) in [7, 11) is 0. The first kappa shape index (κ1) is 38.1. The first-order valence-electron chi connectivity index (χ1n) is 20.9. The van der Waals surface area contributed by atoms with Gasteiger partial charge in [-0.2, -0.15) is 0 Å². The van der Waals surface area contributed by atoms with Crippen LogP contribution in [-0.2, 0) is 14.9 Å². The number of hydrogen-bond donors (Lipinski definition) is 2. The summed E-state index contributed by atoms with van der Waals surface area (Å²) in [5, 5.41) is 8.69. The highest BCUT2D eigenvalue weighted by atomic mass is 16.6. The van der Waals surface area contributed by atoms with E-state index in [4.69, 9.17) is 20.6 Å². The molecule has 4 aromatic carbocycles. The van der Waals surface area contributed by atoms with Crippen molar-refractivity contribution in [2.45, 2.75) is 57.8 Å². The predicted octanol–water partition coefficient (Wildman–Crippen LogP) is 12.6. The Morgan fingerprint density at radius 2 is 1.47 bits per heavy atom. The maximum Gasteiger partial charge on any atom is 0.165 e. The smallest absolute Gasteiger partial charge is 0.165 e. The van der Waals surface area contributed by atoms with Gasteiger partial charge in [0.1, 0.15) is 11.6 Å². The van der Waals surface area contributed by atoms with Crippen molar-refractivity contribution < 1.29 is 9.47 Å². The third kappa shape index (κ3) is 7.66. The van der Waals surface area contributed by atoms with E-state index in [9.17, 15) is 0 Å². The van der Waals surface area contributed by atoms with Crippen LogP contribution in [0, 0.1) is 23.2 Å². The molecule has 4 unspecified atom stereocenters. The molecule has 5 aliphatic carbocycles. The summed E-state index contributed by atoms with van der Waals surface area (Å²) in [6.07, 6.45) is 26.4. The van der Waals surface area contributed by atoms with E-state index >= 15 is 0 Å². The van der Waals surface area contributed by atoms with E-state index in [1.807, 2.05) is 60.7 Å². The van der Waals surface area contributed by atoms with Crippen LogP contribution >= 0.6 is 0 Å². The first-order chi connectivity index (χ1) is 28.7. The van der Waals surface area contributed by atoms with Crippen molar-refractivity contribution >= 4 is 17.2 Å². The molecule has 3 N–H and O–H groups in total. The molecule has 0 amide bonds. The minimum atomic E-state index is 0.00480. The highest BCUT2D eigenvalue weighted by Crippen LogP contribution is 2.57. The lowest BCUT2D eigenvalue weighted by Crippen LogP contribution is -2.29. The molecule has 0 aromatic heterocycles. The molecular weight excluding hydrogens is 723 g/mol. The fraction of sp³-hybridized carbons (Fsp3) is 0.222. The number of amidine groups is 2. The Labute approximate surface area is 348 Å². The molecular formula is C54H51N3O2. The molecule has 294 valence electrons. The average molecular weight is 774 g/mol. The number of hydrogen-bond acceptors (Lipinski definition) is 3. The maximum absolute atomic E-state index is 8.69. The fourth-order valence-corrected chi connectivity index (χ4v) is 9.47. The highest BCUT2D eigenvalue weighted by Gasteiger charge is 2.50. The zero-order valence-corrected chi connectivity index (χ0v) is 34.1. The van der Waals surface area contributed by atoms with Crippen LogP contribution in [-0.4, -0.2) is 11.7 Å². The van der Waals surface area contributed by atoms with Crippen LogP contribution < -0.4 is 5.73 Å². The second-order valence-corrected chi connectivity index (χ2v) is 16.9. The number of nitrogens with zero attached hydrogens (tertiary/aromatic N) is 1. The van der Waals surface area contributed by atoms with Gasteiger partial charge in [-0.05, 0) is 101 Å². The predicted molar refractivity (Wildman–Crippen MR) is 242 cm³/mol. The van der Waals surface area contributed by atoms with Crippen LogP contribution in [0.2, 0.25) is 0 Å². The molecule has 4 atom stereocenters. The molecule has 0 fully saturated rings. The number of benzene rings is 4. The molecule has 1 aliphatic heterocycles. The quantitative estimate of drug-likeness (QED) is 0.157. The number of allylic oxidation sites excluding steroid dienone is 14. The SMILES string of the molecule is CC1(C)c2ccccc2C2C3=C(C=CC21)OC1=C(C=C(c2cccc(C(N)=NC(=N)c4cccc(-c5ccccc5)c4)c2)CC1)O3.CC1=CC(C2C=CC=CC2)CC=C1. The van der Waals surface area contributed by atoms with Crippen molar-refractivity contribution in [3.8, 4) is 11.1 Å². The fourth-order valence-electron chi connectivity index (χ4n) is 9.47. The van der Waals surface area contributed by atoms with Crippen molar-refractivity contribution in [1.82, 2.24) is 0 Å². The summed E-state index contributed by atoms with van der Waals surface area (Å²) in [4.78, 5) is 4.50. The number of nitrogens with two attached hydrogens (primary N) is 1. The van der Waals surface area contributed by atoms with Crippen LogP contribution in [0.1, 0.15) is 80.2 Å². The molecule has 0 spiro atoms. The van der Waals surface area contributed by atoms with Crippen LogP contribution in [0.4, 0.5) is 0 Å². The van der Waals surface area contributed by atoms with E-state index in [-0.39, 0.29) is 17.2 Å². The van der Waals surface area contributed by atoms with E-state index in [0.29, 0.717) is 17.3 Å². The van der Waals surface area contributed by atoms with Crippen molar-refractivity contribution in [3.63, 3.8) is 0 Å². The normalized spacial score (nSPS) is 23.3. The van der Waals surface area contributed by atoms with Crippen LogP contribution in [0.15, 0.2) is 197 Å². The summed E-state index contributed by atoms with van der Waals surface area (Å²) >= 11 is 0. The summed E-state index contributed by atoms with van der Waals surface area (Å²) in [6.45, 7) is 6.83. The van der Waals surface area contributed by atoms with Crippen LogP contribution in [0.3, 0.4) is 0 Å². The van der Waals surface area contributed by atoms with E-state index in [0.717, 1.165) is 75.5 Å². The maximum atomic E-state index is 8.69. The monoisotopic (exact) mass is 773 g/mol.